The van der Waals surface area contributed by atoms with E-state index in [1.54, 1.807) is 11.3 Å². The van der Waals surface area contributed by atoms with E-state index in [2.05, 4.69) is 33.9 Å². The van der Waals surface area contributed by atoms with E-state index in [0.29, 0.717) is 0 Å². The van der Waals surface area contributed by atoms with E-state index in [4.69, 9.17) is 4.98 Å². The second-order valence-corrected chi connectivity index (χ2v) is 5.84. The lowest BCUT2D eigenvalue weighted by molar-refractivity contribution is 0.811. The molecule has 2 heterocycles. The number of hydrogen-bond acceptors (Lipinski definition) is 4. The predicted molar refractivity (Wildman–Crippen MR) is 87.4 cm³/mol. The average molecular weight is 295 g/mol. The quantitative estimate of drug-likeness (QED) is 0.782. The molecule has 0 saturated heterocycles. The van der Waals surface area contributed by atoms with Crippen LogP contribution in [0.15, 0.2) is 54.2 Å². The van der Waals surface area contributed by atoms with Gasteiger partial charge < -0.3 is 5.32 Å². The Bertz CT molecular complexity index is 707. The molecule has 3 aromatic rings. The Morgan fingerprint density at radius 2 is 1.90 bits per heavy atom. The summed E-state index contributed by atoms with van der Waals surface area (Å²) in [7, 11) is 1.94. The number of nitrogens with zero attached hydrogens (tertiary/aromatic N) is 2. The van der Waals surface area contributed by atoms with Crippen LogP contribution in [0.4, 0.5) is 0 Å². The number of nitrogens with one attached hydrogen (secondary N) is 1. The Balaban J connectivity index is 1.77. The van der Waals surface area contributed by atoms with Gasteiger partial charge in [-0.2, -0.15) is 0 Å². The zero-order valence-electron chi connectivity index (χ0n) is 11.9. The predicted octanol–water partition coefficient (Wildman–Crippen LogP) is 3.52. The molecule has 0 unspecified atom stereocenters. The smallest absolute Gasteiger partial charge is 0.0977 e. The molecule has 2 aromatic heterocycles. The average Bonchev–Trinajstić information content (AvgIpc) is 2.97. The Hall–Kier alpha value is -2.04. The van der Waals surface area contributed by atoms with Crippen molar-refractivity contribution in [1.29, 1.82) is 0 Å². The van der Waals surface area contributed by atoms with E-state index in [0.717, 1.165) is 23.7 Å². The minimum absolute atomic E-state index is 0.835. The van der Waals surface area contributed by atoms with Crippen LogP contribution in [-0.2, 0) is 13.0 Å². The summed E-state index contributed by atoms with van der Waals surface area (Å²) >= 11 is 1.70. The van der Waals surface area contributed by atoms with Gasteiger partial charge in [0, 0.05) is 36.3 Å². The Labute approximate surface area is 128 Å². The molecule has 1 N–H and O–H groups in total. The van der Waals surface area contributed by atoms with Gasteiger partial charge in [0.1, 0.15) is 0 Å². The standard InChI is InChI=1S/C17H17N3S/c1-18-9-14-7-13(10-19-11-14)8-17-20-16(12-21-17)15-5-3-2-4-6-15/h2-7,10-12,18H,8-9H2,1H3. The van der Waals surface area contributed by atoms with Gasteiger partial charge >= 0.3 is 0 Å². The lowest BCUT2D eigenvalue weighted by atomic mass is 10.1. The van der Waals surface area contributed by atoms with Crippen molar-refractivity contribution in [3.05, 3.63) is 70.3 Å². The third-order valence-electron chi connectivity index (χ3n) is 3.21. The Kier molecular flexibility index (Phi) is 4.38. The molecule has 0 aliphatic rings. The maximum absolute atomic E-state index is 4.73. The summed E-state index contributed by atoms with van der Waals surface area (Å²) < 4.78 is 0. The van der Waals surface area contributed by atoms with Crippen molar-refractivity contribution in [3.63, 3.8) is 0 Å². The van der Waals surface area contributed by atoms with Crippen LogP contribution in [0.25, 0.3) is 11.3 Å². The minimum Gasteiger partial charge on any atom is -0.316 e. The molecule has 0 atom stereocenters. The number of hydrogen-bond donors (Lipinski definition) is 1. The second kappa shape index (κ2) is 6.61. The van der Waals surface area contributed by atoms with Gasteiger partial charge in [-0.05, 0) is 18.2 Å². The highest BCUT2D eigenvalue weighted by Gasteiger charge is 2.06. The molecule has 0 fully saturated rings. The van der Waals surface area contributed by atoms with Gasteiger partial charge in [-0.25, -0.2) is 4.98 Å². The van der Waals surface area contributed by atoms with Crippen LogP contribution in [0.3, 0.4) is 0 Å². The fourth-order valence-corrected chi connectivity index (χ4v) is 3.08. The first-order valence-electron chi connectivity index (χ1n) is 6.92. The van der Waals surface area contributed by atoms with Crippen molar-refractivity contribution < 1.29 is 0 Å². The zero-order chi connectivity index (χ0) is 14.5. The first-order chi connectivity index (χ1) is 10.3. The molecule has 0 bridgehead atoms. The lowest BCUT2D eigenvalue weighted by Gasteiger charge is -2.02. The molecule has 4 heteroatoms. The van der Waals surface area contributed by atoms with E-state index >= 15 is 0 Å². The molecule has 0 aliphatic carbocycles. The third-order valence-corrected chi connectivity index (χ3v) is 4.06. The fraction of sp³-hybridized carbons (Fsp3) is 0.176. The van der Waals surface area contributed by atoms with E-state index in [-0.39, 0.29) is 0 Å². The van der Waals surface area contributed by atoms with Crippen molar-refractivity contribution in [3.8, 4) is 11.3 Å². The summed E-state index contributed by atoms with van der Waals surface area (Å²) in [6.07, 6.45) is 4.65. The largest absolute Gasteiger partial charge is 0.316 e. The molecule has 0 saturated carbocycles. The van der Waals surface area contributed by atoms with Crippen molar-refractivity contribution in [2.45, 2.75) is 13.0 Å². The highest BCUT2D eigenvalue weighted by atomic mass is 32.1. The van der Waals surface area contributed by atoms with Gasteiger partial charge in [0.25, 0.3) is 0 Å². The number of rotatable bonds is 5. The zero-order valence-corrected chi connectivity index (χ0v) is 12.7. The second-order valence-electron chi connectivity index (χ2n) is 4.90. The van der Waals surface area contributed by atoms with Crippen LogP contribution in [-0.4, -0.2) is 17.0 Å². The van der Waals surface area contributed by atoms with Crippen molar-refractivity contribution >= 4 is 11.3 Å². The van der Waals surface area contributed by atoms with Crippen LogP contribution in [0.2, 0.25) is 0 Å². The van der Waals surface area contributed by atoms with Crippen molar-refractivity contribution in [2.75, 3.05) is 7.05 Å². The van der Waals surface area contributed by atoms with Gasteiger partial charge in [0.15, 0.2) is 0 Å². The monoisotopic (exact) mass is 295 g/mol. The van der Waals surface area contributed by atoms with E-state index in [1.165, 1.54) is 16.7 Å². The summed E-state index contributed by atoms with van der Waals surface area (Å²) in [5.41, 5.74) is 4.63. The molecule has 106 valence electrons. The molecule has 1 aromatic carbocycles. The Morgan fingerprint density at radius 1 is 1.10 bits per heavy atom. The fourth-order valence-electron chi connectivity index (χ4n) is 2.25. The number of pyridine rings is 1. The third kappa shape index (κ3) is 3.54. The number of thiazole rings is 1. The van der Waals surface area contributed by atoms with E-state index in [1.807, 2.05) is 37.6 Å². The summed E-state index contributed by atoms with van der Waals surface area (Å²) in [4.78, 5) is 9.03. The normalized spacial score (nSPS) is 10.7. The first-order valence-corrected chi connectivity index (χ1v) is 7.80. The minimum atomic E-state index is 0.835. The van der Waals surface area contributed by atoms with Gasteiger partial charge in [0.2, 0.25) is 0 Å². The molecule has 3 nitrogen and oxygen atoms in total. The molecule has 0 spiro atoms. The highest BCUT2D eigenvalue weighted by molar-refractivity contribution is 7.10. The lowest BCUT2D eigenvalue weighted by Crippen LogP contribution is -2.05. The van der Waals surface area contributed by atoms with Gasteiger partial charge in [0.05, 0.1) is 10.7 Å². The summed E-state index contributed by atoms with van der Waals surface area (Å²) in [6.45, 7) is 0.841. The van der Waals surface area contributed by atoms with Crippen LogP contribution in [0.1, 0.15) is 16.1 Å². The highest BCUT2D eigenvalue weighted by Crippen LogP contribution is 2.23. The first kappa shape index (κ1) is 13.9. The summed E-state index contributed by atoms with van der Waals surface area (Å²) in [6, 6.07) is 12.5. The van der Waals surface area contributed by atoms with Crippen LogP contribution in [0, 0.1) is 0 Å². The molecule has 0 amide bonds. The number of benzene rings is 1. The van der Waals surface area contributed by atoms with Crippen LogP contribution >= 0.6 is 11.3 Å². The van der Waals surface area contributed by atoms with Gasteiger partial charge in [-0.15, -0.1) is 11.3 Å². The van der Waals surface area contributed by atoms with E-state index in [9.17, 15) is 0 Å². The van der Waals surface area contributed by atoms with Crippen LogP contribution in [0.5, 0.6) is 0 Å². The van der Waals surface area contributed by atoms with E-state index < -0.39 is 0 Å². The SMILES string of the molecule is CNCc1cncc(Cc2nc(-c3ccccc3)cs2)c1. The van der Waals surface area contributed by atoms with Gasteiger partial charge in [-0.1, -0.05) is 36.4 Å². The summed E-state index contributed by atoms with van der Waals surface area (Å²) in [5, 5.41) is 6.39. The molecule has 21 heavy (non-hydrogen) atoms. The van der Waals surface area contributed by atoms with Gasteiger partial charge in [-0.3, -0.25) is 4.98 Å². The molecule has 0 aliphatic heterocycles. The van der Waals surface area contributed by atoms with Crippen molar-refractivity contribution in [1.82, 2.24) is 15.3 Å². The molecule has 0 radical (unpaired) electrons. The Morgan fingerprint density at radius 3 is 2.71 bits per heavy atom. The maximum Gasteiger partial charge on any atom is 0.0977 e. The molecular weight excluding hydrogens is 278 g/mol. The topological polar surface area (TPSA) is 37.8 Å². The maximum atomic E-state index is 4.73. The number of aromatic nitrogens is 2. The molecular formula is C17H17N3S. The molecule has 3 rings (SSSR count). The van der Waals surface area contributed by atoms with Crippen molar-refractivity contribution in [2.24, 2.45) is 0 Å². The summed E-state index contributed by atoms with van der Waals surface area (Å²) in [5.74, 6) is 0. The van der Waals surface area contributed by atoms with Crippen LogP contribution < -0.4 is 5.32 Å².